The zero-order valence-corrected chi connectivity index (χ0v) is 10.8. The third-order valence-corrected chi connectivity index (χ3v) is 3.26. The maximum Gasteiger partial charge on any atom is 0.143 e. The molecule has 3 heteroatoms. The molecule has 1 heterocycles. The van der Waals surface area contributed by atoms with E-state index in [2.05, 4.69) is 36.9 Å². The van der Waals surface area contributed by atoms with Crippen molar-refractivity contribution in [2.45, 2.75) is 32.8 Å². The van der Waals surface area contributed by atoms with Crippen molar-refractivity contribution in [1.82, 2.24) is 0 Å². The highest BCUT2D eigenvalue weighted by Crippen LogP contribution is 2.34. The first-order valence-corrected chi connectivity index (χ1v) is 6.47. The molecular weight excluding hydrogens is 212 g/mol. The monoisotopic (exact) mass is 234 g/mol. The molecule has 0 saturated carbocycles. The Hall–Kier alpha value is -1.22. The van der Waals surface area contributed by atoms with Crippen molar-refractivity contribution in [3.63, 3.8) is 0 Å². The number of aryl methyl sites for hydroxylation is 1. The molecule has 0 bridgehead atoms. The van der Waals surface area contributed by atoms with Crippen LogP contribution in [0.1, 0.15) is 25.3 Å². The first-order valence-electron chi connectivity index (χ1n) is 6.47. The summed E-state index contributed by atoms with van der Waals surface area (Å²) in [6, 6.07) is 6.43. The number of nitrogens with zero attached hydrogens (tertiary/aromatic N) is 1. The van der Waals surface area contributed by atoms with Crippen LogP contribution in [-0.4, -0.2) is 25.7 Å². The Bertz CT molecular complexity index is 378. The van der Waals surface area contributed by atoms with Crippen LogP contribution < -0.4 is 15.4 Å². The van der Waals surface area contributed by atoms with Crippen molar-refractivity contribution in [1.29, 1.82) is 0 Å². The average molecular weight is 234 g/mol. The van der Waals surface area contributed by atoms with Crippen LogP contribution in [0.2, 0.25) is 0 Å². The van der Waals surface area contributed by atoms with E-state index >= 15 is 0 Å². The van der Waals surface area contributed by atoms with Gasteiger partial charge in [0.25, 0.3) is 0 Å². The summed E-state index contributed by atoms with van der Waals surface area (Å²) in [5.74, 6) is 1.03. The Balaban J connectivity index is 2.23. The van der Waals surface area contributed by atoms with Crippen LogP contribution >= 0.6 is 0 Å². The predicted molar refractivity (Wildman–Crippen MR) is 71.8 cm³/mol. The number of benzene rings is 1. The van der Waals surface area contributed by atoms with Gasteiger partial charge in [-0.15, -0.1) is 0 Å². The van der Waals surface area contributed by atoms with Crippen LogP contribution in [-0.2, 0) is 0 Å². The highest BCUT2D eigenvalue weighted by atomic mass is 16.5. The molecule has 0 radical (unpaired) electrons. The van der Waals surface area contributed by atoms with Gasteiger partial charge in [0.15, 0.2) is 0 Å². The number of hydrogen-bond acceptors (Lipinski definition) is 3. The van der Waals surface area contributed by atoms with E-state index in [1.54, 1.807) is 0 Å². The van der Waals surface area contributed by atoms with Crippen LogP contribution in [0, 0.1) is 6.92 Å². The van der Waals surface area contributed by atoms with Crippen molar-refractivity contribution >= 4 is 5.69 Å². The van der Waals surface area contributed by atoms with E-state index in [9.17, 15) is 0 Å². The summed E-state index contributed by atoms with van der Waals surface area (Å²) in [6.07, 6.45) is 2.39. The Morgan fingerprint density at radius 3 is 3.00 bits per heavy atom. The quantitative estimate of drug-likeness (QED) is 0.869. The summed E-state index contributed by atoms with van der Waals surface area (Å²) >= 11 is 0. The number of anilines is 1. The molecule has 0 aromatic heterocycles. The number of fused-ring (bicyclic) bond motifs is 1. The largest absolute Gasteiger partial charge is 0.486 e. The summed E-state index contributed by atoms with van der Waals surface area (Å²) in [4.78, 5) is 2.40. The standard InChI is InChI=1S/C14H22N2O/c1-3-12-10-16(8-4-7-15)13-6-5-11(2)9-14(13)17-12/h5-6,9,12H,3-4,7-8,10,15H2,1-2H3. The van der Waals surface area contributed by atoms with Gasteiger partial charge in [0.05, 0.1) is 12.2 Å². The van der Waals surface area contributed by atoms with Crippen molar-refractivity contribution in [2.24, 2.45) is 5.73 Å². The lowest BCUT2D eigenvalue weighted by atomic mass is 10.1. The minimum atomic E-state index is 0.307. The fraction of sp³-hybridized carbons (Fsp3) is 0.571. The fourth-order valence-electron chi connectivity index (χ4n) is 2.24. The van der Waals surface area contributed by atoms with Gasteiger partial charge in [-0.05, 0) is 44.0 Å². The topological polar surface area (TPSA) is 38.5 Å². The van der Waals surface area contributed by atoms with E-state index < -0.39 is 0 Å². The minimum Gasteiger partial charge on any atom is -0.486 e. The summed E-state index contributed by atoms with van der Waals surface area (Å²) in [5.41, 5.74) is 8.06. The lowest BCUT2D eigenvalue weighted by molar-refractivity contribution is 0.189. The first-order chi connectivity index (χ1) is 8.24. The van der Waals surface area contributed by atoms with Gasteiger partial charge in [-0.25, -0.2) is 0 Å². The summed E-state index contributed by atoms with van der Waals surface area (Å²) in [6.45, 7) is 7.02. The second kappa shape index (κ2) is 5.41. The molecule has 0 aliphatic carbocycles. The van der Waals surface area contributed by atoms with E-state index in [1.165, 1.54) is 11.3 Å². The Kier molecular flexibility index (Phi) is 3.89. The molecule has 3 nitrogen and oxygen atoms in total. The highest BCUT2D eigenvalue weighted by Gasteiger charge is 2.23. The Labute approximate surface area is 104 Å². The summed E-state index contributed by atoms with van der Waals surface area (Å²) in [5, 5.41) is 0. The van der Waals surface area contributed by atoms with Crippen molar-refractivity contribution < 1.29 is 4.74 Å². The predicted octanol–water partition coefficient (Wildman–Crippen LogP) is 2.32. The molecule has 2 rings (SSSR count). The van der Waals surface area contributed by atoms with Gasteiger partial charge in [0, 0.05) is 6.54 Å². The molecule has 94 valence electrons. The van der Waals surface area contributed by atoms with Crippen LogP contribution in [0.5, 0.6) is 5.75 Å². The number of nitrogens with two attached hydrogens (primary N) is 1. The van der Waals surface area contributed by atoms with Crippen molar-refractivity contribution in [3.8, 4) is 5.75 Å². The van der Waals surface area contributed by atoms with Gasteiger partial charge in [-0.1, -0.05) is 13.0 Å². The van der Waals surface area contributed by atoms with Crippen LogP contribution in [0.15, 0.2) is 18.2 Å². The Morgan fingerprint density at radius 1 is 1.47 bits per heavy atom. The van der Waals surface area contributed by atoms with E-state index in [0.29, 0.717) is 6.10 Å². The zero-order valence-electron chi connectivity index (χ0n) is 10.8. The van der Waals surface area contributed by atoms with E-state index in [0.717, 1.165) is 38.2 Å². The first kappa shape index (κ1) is 12.2. The second-order valence-electron chi connectivity index (χ2n) is 4.71. The molecule has 0 spiro atoms. The van der Waals surface area contributed by atoms with Gasteiger partial charge in [0.1, 0.15) is 11.9 Å². The van der Waals surface area contributed by atoms with Crippen LogP contribution in [0.25, 0.3) is 0 Å². The second-order valence-corrected chi connectivity index (χ2v) is 4.71. The maximum absolute atomic E-state index is 6.00. The maximum atomic E-state index is 6.00. The molecule has 0 amide bonds. The SMILES string of the molecule is CCC1CN(CCCN)c2ccc(C)cc2O1. The fourth-order valence-corrected chi connectivity index (χ4v) is 2.24. The number of hydrogen-bond donors (Lipinski definition) is 1. The van der Waals surface area contributed by atoms with Gasteiger partial charge < -0.3 is 15.4 Å². The summed E-state index contributed by atoms with van der Waals surface area (Å²) < 4.78 is 6.00. The number of ether oxygens (including phenoxy) is 1. The third kappa shape index (κ3) is 2.72. The molecule has 1 unspecified atom stereocenters. The summed E-state index contributed by atoms with van der Waals surface area (Å²) in [7, 11) is 0. The molecule has 0 saturated heterocycles. The zero-order chi connectivity index (χ0) is 12.3. The molecule has 2 N–H and O–H groups in total. The van der Waals surface area contributed by atoms with Gasteiger partial charge in [-0.3, -0.25) is 0 Å². The smallest absolute Gasteiger partial charge is 0.143 e. The van der Waals surface area contributed by atoms with Crippen molar-refractivity contribution in [3.05, 3.63) is 23.8 Å². The van der Waals surface area contributed by atoms with Crippen LogP contribution in [0.4, 0.5) is 5.69 Å². The minimum absolute atomic E-state index is 0.307. The van der Waals surface area contributed by atoms with Gasteiger partial charge >= 0.3 is 0 Å². The molecule has 1 aliphatic heterocycles. The molecule has 1 aromatic carbocycles. The van der Waals surface area contributed by atoms with E-state index in [4.69, 9.17) is 10.5 Å². The van der Waals surface area contributed by atoms with E-state index in [1.807, 2.05) is 0 Å². The number of rotatable bonds is 4. The lowest BCUT2D eigenvalue weighted by Gasteiger charge is -2.36. The van der Waals surface area contributed by atoms with Crippen LogP contribution in [0.3, 0.4) is 0 Å². The molecular formula is C14H22N2O. The van der Waals surface area contributed by atoms with E-state index in [-0.39, 0.29) is 0 Å². The molecule has 17 heavy (non-hydrogen) atoms. The normalized spacial score (nSPS) is 18.8. The molecule has 1 atom stereocenters. The molecule has 1 aliphatic rings. The Morgan fingerprint density at radius 2 is 2.29 bits per heavy atom. The molecule has 1 aromatic rings. The average Bonchev–Trinajstić information content (AvgIpc) is 2.34. The third-order valence-electron chi connectivity index (χ3n) is 3.26. The van der Waals surface area contributed by atoms with Gasteiger partial charge in [0.2, 0.25) is 0 Å². The van der Waals surface area contributed by atoms with Gasteiger partial charge in [-0.2, -0.15) is 0 Å². The lowest BCUT2D eigenvalue weighted by Crippen LogP contribution is -2.40. The highest BCUT2D eigenvalue weighted by molar-refractivity contribution is 5.61. The molecule has 0 fully saturated rings. The van der Waals surface area contributed by atoms with Crippen molar-refractivity contribution in [2.75, 3.05) is 24.5 Å².